The van der Waals surface area contributed by atoms with Gasteiger partial charge in [0.15, 0.2) is 11.5 Å². The molecular formula is C14H19NO3. The molecule has 0 amide bonds. The summed E-state index contributed by atoms with van der Waals surface area (Å²) >= 11 is 0. The topological polar surface area (TPSA) is 50.7 Å². The van der Waals surface area contributed by atoms with Gasteiger partial charge in [0, 0.05) is 6.42 Å². The third kappa shape index (κ3) is 2.44. The van der Waals surface area contributed by atoms with Crippen molar-refractivity contribution in [1.29, 1.82) is 0 Å². The first-order chi connectivity index (χ1) is 8.75. The summed E-state index contributed by atoms with van der Waals surface area (Å²) in [4.78, 5) is 0. The van der Waals surface area contributed by atoms with Gasteiger partial charge in [0.1, 0.15) is 13.2 Å². The van der Waals surface area contributed by atoms with Crippen LogP contribution < -0.4 is 14.8 Å². The lowest BCUT2D eigenvalue weighted by molar-refractivity contribution is 0.0108. The molecule has 18 heavy (non-hydrogen) atoms. The van der Waals surface area contributed by atoms with Crippen LogP contribution in [0.5, 0.6) is 11.5 Å². The highest BCUT2D eigenvalue weighted by Crippen LogP contribution is 2.33. The number of rotatable bonds is 2. The first-order valence-electron chi connectivity index (χ1n) is 6.57. The highest BCUT2D eigenvalue weighted by atomic mass is 16.6. The van der Waals surface area contributed by atoms with Crippen LogP contribution in [0, 0.1) is 0 Å². The monoisotopic (exact) mass is 249 g/mol. The lowest BCUT2D eigenvalue weighted by atomic mass is 9.86. The van der Waals surface area contributed by atoms with Crippen LogP contribution in [0.15, 0.2) is 18.2 Å². The fraction of sp³-hybridized carbons (Fsp3) is 0.571. The summed E-state index contributed by atoms with van der Waals surface area (Å²) in [6.45, 7) is 2.99. The molecule has 0 atom stereocenters. The van der Waals surface area contributed by atoms with Crippen molar-refractivity contribution >= 4 is 0 Å². The van der Waals surface area contributed by atoms with Crippen molar-refractivity contribution in [2.45, 2.75) is 24.9 Å². The molecule has 2 aliphatic rings. The van der Waals surface area contributed by atoms with Crippen molar-refractivity contribution in [2.24, 2.45) is 0 Å². The standard InChI is InChI=1S/C14H19NO3/c16-14(3-5-15-6-4-14)10-11-1-2-12-13(9-11)18-8-7-17-12/h1-2,9,15-16H,3-8,10H2. The molecule has 0 saturated carbocycles. The molecule has 0 spiro atoms. The summed E-state index contributed by atoms with van der Waals surface area (Å²) in [5.41, 5.74) is 0.540. The minimum absolute atomic E-state index is 0.574. The maximum Gasteiger partial charge on any atom is 0.161 e. The molecule has 2 N–H and O–H groups in total. The van der Waals surface area contributed by atoms with Gasteiger partial charge in [0.2, 0.25) is 0 Å². The number of nitrogens with one attached hydrogen (secondary N) is 1. The van der Waals surface area contributed by atoms with E-state index in [0.717, 1.165) is 43.0 Å². The molecule has 1 aromatic carbocycles. The van der Waals surface area contributed by atoms with Crippen LogP contribution in [0.25, 0.3) is 0 Å². The summed E-state index contributed by atoms with van der Waals surface area (Å²) in [6.07, 6.45) is 2.30. The second-order valence-electron chi connectivity index (χ2n) is 5.13. The molecule has 1 aromatic rings. The van der Waals surface area contributed by atoms with Crippen LogP contribution in [0.2, 0.25) is 0 Å². The maximum absolute atomic E-state index is 10.5. The largest absolute Gasteiger partial charge is 0.486 e. The van der Waals surface area contributed by atoms with E-state index in [1.165, 1.54) is 0 Å². The summed E-state index contributed by atoms with van der Waals surface area (Å²) in [5, 5.41) is 13.8. The van der Waals surface area contributed by atoms with Crippen molar-refractivity contribution < 1.29 is 14.6 Å². The van der Waals surface area contributed by atoms with E-state index in [2.05, 4.69) is 5.32 Å². The number of piperidine rings is 1. The molecule has 0 aliphatic carbocycles. The lowest BCUT2D eigenvalue weighted by Crippen LogP contribution is -2.43. The van der Waals surface area contributed by atoms with Crippen LogP contribution in [0.1, 0.15) is 18.4 Å². The summed E-state index contributed by atoms with van der Waals surface area (Å²) in [5.74, 6) is 1.61. The molecule has 0 bridgehead atoms. The van der Waals surface area contributed by atoms with Crippen molar-refractivity contribution in [2.75, 3.05) is 26.3 Å². The summed E-state index contributed by atoms with van der Waals surface area (Å²) < 4.78 is 11.1. The molecule has 0 aromatic heterocycles. The molecule has 2 heterocycles. The van der Waals surface area contributed by atoms with Crippen LogP contribution in [-0.4, -0.2) is 37.0 Å². The van der Waals surface area contributed by atoms with Crippen molar-refractivity contribution in [1.82, 2.24) is 5.32 Å². The van der Waals surface area contributed by atoms with Crippen LogP contribution in [0.3, 0.4) is 0 Å². The van der Waals surface area contributed by atoms with Gasteiger partial charge in [-0.05, 0) is 43.6 Å². The zero-order valence-corrected chi connectivity index (χ0v) is 10.4. The molecule has 2 aliphatic heterocycles. The fourth-order valence-electron chi connectivity index (χ4n) is 2.65. The second-order valence-corrected chi connectivity index (χ2v) is 5.13. The lowest BCUT2D eigenvalue weighted by Gasteiger charge is -2.33. The van der Waals surface area contributed by atoms with Gasteiger partial charge in [-0.15, -0.1) is 0 Å². The quantitative estimate of drug-likeness (QED) is 0.824. The van der Waals surface area contributed by atoms with Gasteiger partial charge in [-0.2, -0.15) is 0 Å². The molecule has 0 unspecified atom stereocenters. The van der Waals surface area contributed by atoms with E-state index in [9.17, 15) is 5.11 Å². The molecule has 3 rings (SSSR count). The smallest absolute Gasteiger partial charge is 0.161 e. The van der Waals surface area contributed by atoms with E-state index >= 15 is 0 Å². The highest BCUT2D eigenvalue weighted by molar-refractivity contribution is 5.44. The average Bonchev–Trinajstić information content (AvgIpc) is 2.39. The highest BCUT2D eigenvalue weighted by Gasteiger charge is 2.29. The van der Waals surface area contributed by atoms with E-state index in [4.69, 9.17) is 9.47 Å². The molecule has 1 saturated heterocycles. The fourth-order valence-corrected chi connectivity index (χ4v) is 2.65. The maximum atomic E-state index is 10.5. The number of ether oxygens (including phenoxy) is 2. The first-order valence-corrected chi connectivity index (χ1v) is 6.57. The Balaban J connectivity index is 1.76. The van der Waals surface area contributed by atoms with Gasteiger partial charge in [0.25, 0.3) is 0 Å². The van der Waals surface area contributed by atoms with Gasteiger partial charge >= 0.3 is 0 Å². The normalized spacial score (nSPS) is 21.6. The molecule has 1 fully saturated rings. The Morgan fingerprint density at radius 3 is 2.61 bits per heavy atom. The number of hydrogen-bond donors (Lipinski definition) is 2. The minimum atomic E-state index is -0.574. The Kier molecular flexibility index (Phi) is 3.14. The Hall–Kier alpha value is -1.26. The van der Waals surface area contributed by atoms with Gasteiger partial charge in [0.05, 0.1) is 5.60 Å². The van der Waals surface area contributed by atoms with E-state index in [-0.39, 0.29) is 0 Å². The minimum Gasteiger partial charge on any atom is -0.486 e. The predicted octanol–water partition coefficient (Wildman–Crippen LogP) is 1.11. The Labute approximate surface area is 107 Å². The third-order valence-electron chi connectivity index (χ3n) is 3.67. The van der Waals surface area contributed by atoms with E-state index in [1.54, 1.807) is 0 Å². The van der Waals surface area contributed by atoms with Gasteiger partial charge < -0.3 is 19.9 Å². The zero-order valence-electron chi connectivity index (χ0n) is 10.4. The molecular weight excluding hydrogens is 230 g/mol. The second kappa shape index (κ2) is 4.78. The molecule has 98 valence electrons. The predicted molar refractivity (Wildman–Crippen MR) is 68.2 cm³/mol. The third-order valence-corrected chi connectivity index (χ3v) is 3.67. The van der Waals surface area contributed by atoms with Gasteiger partial charge in [-0.1, -0.05) is 6.07 Å². The van der Waals surface area contributed by atoms with Gasteiger partial charge in [-0.25, -0.2) is 0 Å². The molecule has 4 nitrogen and oxygen atoms in total. The Bertz CT molecular complexity index is 427. The number of hydrogen-bond acceptors (Lipinski definition) is 4. The number of aliphatic hydroxyl groups is 1. The van der Waals surface area contributed by atoms with Crippen LogP contribution in [0.4, 0.5) is 0 Å². The Morgan fingerprint density at radius 2 is 1.83 bits per heavy atom. The Morgan fingerprint density at radius 1 is 1.11 bits per heavy atom. The first kappa shape index (κ1) is 11.8. The zero-order chi connectivity index (χ0) is 12.4. The van der Waals surface area contributed by atoms with E-state index in [0.29, 0.717) is 19.6 Å². The van der Waals surface area contributed by atoms with Crippen molar-refractivity contribution in [3.63, 3.8) is 0 Å². The SMILES string of the molecule is OC1(Cc2ccc3c(c2)OCCO3)CCNCC1. The van der Waals surface area contributed by atoms with E-state index < -0.39 is 5.60 Å². The average molecular weight is 249 g/mol. The summed E-state index contributed by atoms with van der Waals surface area (Å²) in [6, 6.07) is 5.95. The van der Waals surface area contributed by atoms with Crippen LogP contribution in [-0.2, 0) is 6.42 Å². The number of benzene rings is 1. The van der Waals surface area contributed by atoms with Crippen molar-refractivity contribution in [3.8, 4) is 11.5 Å². The molecule has 0 radical (unpaired) electrons. The summed E-state index contributed by atoms with van der Waals surface area (Å²) in [7, 11) is 0. The van der Waals surface area contributed by atoms with Crippen LogP contribution >= 0.6 is 0 Å². The number of fused-ring (bicyclic) bond motifs is 1. The van der Waals surface area contributed by atoms with Gasteiger partial charge in [-0.3, -0.25) is 0 Å². The van der Waals surface area contributed by atoms with Crippen molar-refractivity contribution in [3.05, 3.63) is 23.8 Å². The molecule has 4 heteroatoms. The van der Waals surface area contributed by atoms with E-state index in [1.807, 2.05) is 18.2 Å².